The van der Waals surface area contributed by atoms with Gasteiger partial charge in [-0.25, -0.2) is 0 Å². The molecule has 3 fully saturated rings. The molecule has 260 valence electrons. The number of hydrogen-bond donors (Lipinski definition) is 2. The average Bonchev–Trinajstić information content (AvgIpc) is 3.83. The number of rotatable bonds is 12. The molecule has 3 atom stereocenters. The zero-order chi connectivity index (χ0) is 33.8. The van der Waals surface area contributed by atoms with E-state index in [1.165, 1.54) is 4.88 Å². The largest absolute Gasteiger partial charge is 0.481 e. The lowest BCUT2D eigenvalue weighted by Gasteiger charge is -2.30. The van der Waals surface area contributed by atoms with Gasteiger partial charge in [0.2, 0.25) is 5.91 Å². The molecule has 2 N–H and O–H groups in total. The van der Waals surface area contributed by atoms with Gasteiger partial charge < -0.3 is 24.8 Å². The smallest absolute Gasteiger partial charge is 0.306 e. The molecule has 12 heteroatoms. The Morgan fingerprint density at radius 2 is 1.88 bits per heavy atom. The number of thiophene rings is 1. The van der Waals surface area contributed by atoms with E-state index < -0.39 is 5.97 Å². The van der Waals surface area contributed by atoms with Crippen LogP contribution in [0.15, 0.2) is 23.6 Å². The van der Waals surface area contributed by atoms with Crippen LogP contribution in [-0.4, -0.2) is 89.8 Å². The third-order valence-electron chi connectivity index (χ3n) is 10.4. The number of likely N-dealkylation sites (tertiary alicyclic amines) is 2. The van der Waals surface area contributed by atoms with Crippen molar-refractivity contribution in [2.75, 3.05) is 38.2 Å². The monoisotopic (exact) mass is 717 g/mol. The number of ether oxygens (including phenoxy) is 2. The number of halogens is 2. The molecule has 1 saturated carbocycles. The number of amides is 2. The lowest BCUT2D eigenvalue weighted by Crippen LogP contribution is -2.44. The fourth-order valence-electron chi connectivity index (χ4n) is 7.74. The van der Waals surface area contributed by atoms with Gasteiger partial charge in [0.15, 0.2) is 0 Å². The number of carboxylic acid groups (broad SMARTS) is 1. The highest BCUT2D eigenvalue weighted by Crippen LogP contribution is 2.35. The van der Waals surface area contributed by atoms with E-state index in [1.807, 2.05) is 23.3 Å². The molecular formula is C36H45Cl2N3O6S. The summed E-state index contributed by atoms with van der Waals surface area (Å²) in [6, 6.07) is 3.74. The fraction of sp³-hybridized carbons (Fsp3) is 0.583. The first-order chi connectivity index (χ1) is 23.2. The van der Waals surface area contributed by atoms with Crippen LogP contribution in [-0.2, 0) is 31.9 Å². The first-order valence-corrected chi connectivity index (χ1v) is 18.9. The number of aryl methyl sites for hydroxylation is 1. The van der Waals surface area contributed by atoms with Gasteiger partial charge in [0.05, 0.1) is 54.0 Å². The van der Waals surface area contributed by atoms with Gasteiger partial charge in [0, 0.05) is 46.1 Å². The summed E-state index contributed by atoms with van der Waals surface area (Å²) in [5, 5.41) is 14.9. The molecule has 2 amide bonds. The number of hydrogen-bond acceptors (Lipinski definition) is 7. The van der Waals surface area contributed by atoms with Gasteiger partial charge >= 0.3 is 5.97 Å². The number of allylic oxidation sites excluding steroid dienone is 1. The van der Waals surface area contributed by atoms with E-state index in [-0.39, 0.29) is 42.3 Å². The van der Waals surface area contributed by atoms with Crippen LogP contribution in [0.25, 0.3) is 6.08 Å². The summed E-state index contributed by atoms with van der Waals surface area (Å²) in [5.41, 5.74) is 2.58. The maximum atomic E-state index is 14.0. The van der Waals surface area contributed by atoms with Gasteiger partial charge in [-0.05, 0) is 89.0 Å². The summed E-state index contributed by atoms with van der Waals surface area (Å²) < 4.78 is 12.2. The summed E-state index contributed by atoms with van der Waals surface area (Å²) in [7, 11) is 0. The van der Waals surface area contributed by atoms with Crippen LogP contribution in [0.2, 0.25) is 10.0 Å². The SMILES string of the molecule is CCOC[C@@H]1CCCN1[C@H]1C[C@@H](COC2CCC(C(=O)O)CC2)N(C(=O)Cc2cc(Cl)c(NC(=O)c3csc4c3C=CCC4)cc2Cl)C1. The Bertz CT molecular complexity index is 1520. The molecule has 2 aromatic rings. The Kier molecular flexibility index (Phi) is 11.8. The molecule has 2 saturated heterocycles. The molecule has 6 rings (SSSR count). The topological polar surface area (TPSA) is 108 Å². The summed E-state index contributed by atoms with van der Waals surface area (Å²) in [4.78, 5) is 44.3. The summed E-state index contributed by atoms with van der Waals surface area (Å²) in [6.07, 6.45) is 11.7. The van der Waals surface area contributed by atoms with E-state index in [0.717, 1.165) is 44.2 Å². The van der Waals surface area contributed by atoms with Crippen molar-refractivity contribution in [1.29, 1.82) is 0 Å². The minimum absolute atomic E-state index is 0.000650. The lowest BCUT2D eigenvalue weighted by molar-refractivity contribution is -0.144. The lowest BCUT2D eigenvalue weighted by atomic mass is 9.87. The first kappa shape index (κ1) is 35.4. The number of nitrogens with zero attached hydrogens (tertiary/aromatic N) is 2. The zero-order valence-corrected chi connectivity index (χ0v) is 29.8. The van der Waals surface area contributed by atoms with Crippen molar-refractivity contribution in [3.8, 4) is 0 Å². The number of nitrogens with one attached hydrogen (secondary N) is 1. The van der Waals surface area contributed by atoms with Crippen LogP contribution in [0.5, 0.6) is 0 Å². The molecule has 0 spiro atoms. The molecule has 0 unspecified atom stereocenters. The molecule has 2 aliphatic heterocycles. The fourth-order valence-corrected chi connectivity index (χ4v) is 9.24. The van der Waals surface area contributed by atoms with Gasteiger partial charge in [-0.2, -0.15) is 0 Å². The first-order valence-electron chi connectivity index (χ1n) is 17.2. The molecule has 0 radical (unpaired) electrons. The number of carbonyl (C=O) groups is 3. The van der Waals surface area contributed by atoms with E-state index in [0.29, 0.717) is 85.0 Å². The molecular weight excluding hydrogens is 673 g/mol. The van der Waals surface area contributed by atoms with Crippen molar-refractivity contribution in [2.45, 2.75) is 95.4 Å². The van der Waals surface area contributed by atoms with Crippen LogP contribution in [0.1, 0.15) is 84.7 Å². The van der Waals surface area contributed by atoms with Crippen molar-refractivity contribution in [3.05, 3.63) is 55.2 Å². The molecule has 4 aliphatic rings. The third kappa shape index (κ3) is 8.11. The number of anilines is 1. The molecule has 1 aromatic carbocycles. The summed E-state index contributed by atoms with van der Waals surface area (Å²) >= 11 is 15.0. The van der Waals surface area contributed by atoms with Crippen molar-refractivity contribution < 1.29 is 29.0 Å². The molecule has 1 aromatic heterocycles. The van der Waals surface area contributed by atoms with Gasteiger partial charge in [0.25, 0.3) is 5.91 Å². The van der Waals surface area contributed by atoms with Gasteiger partial charge in [-0.1, -0.05) is 35.4 Å². The zero-order valence-electron chi connectivity index (χ0n) is 27.4. The highest BCUT2D eigenvalue weighted by molar-refractivity contribution is 7.10. The maximum Gasteiger partial charge on any atom is 0.306 e. The minimum atomic E-state index is -0.733. The minimum Gasteiger partial charge on any atom is -0.481 e. The number of benzene rings is 1. The van der Waals surface area contributed by atoms with Crippen LogP contribution in [0.3, 0.4) is 0 Å². The summed E-state index contributed by atoms with van der Waals surface area (Å²) in [6.45, 7) is 5.38. The Labute approximate surface area is 296 Å². The predicted molar refractivity (Wildman–Crippen MR) is 189 cm³/mol. The van der Waals surface area contributed by atoms with Crippen LogP contribution in [0, 0.1) is 5.92 Å². The third-order valence-corrected chi connectivity index (χ3v) is 12.1. The second-order valence-corrected chi connectivity index (χ2v) is 15.2. The highest BCUT2D eigenvalue weighted by atomic mass is 35.5. The predicted octanol–water partition coefficient (Wildman–Crippen LogP) is 6.94. The van der Waals surface area contributed by atoms with Crippen LogP contribution in [0.4, 0.5) is 5.69 Å². The Balaban J connectivity index is 1.13. The van der Waals surface area contributed by atoms with Crippen molar-refractivity contribution in [3.63, 3.8) is 0 Å². The van der Waals surface area contributed by atoms with E-state index in [1.54, 1.807) is 23.5 Å². The normalized spacial score (nSPS) is 25.7. The van der Waals surface area contributed by atoms with Crippen LogP contribution >= 0.6 is 34.5 Å². The number of fused-ring (bicyclic) bond motifs is 1. The Morgan fingerprint density at radius 3 is 2.65 bits per heavy atom. The molecule has 9 nitrogen and oxygen atoms in total. The van der Waals surface area contributed by atoms with Gasteiger partial charge in [-0.3, -0.25) is 19.3 Å². The quantitative estimate of drug-likeness (QED) is 0.245. The standard InChI is InChI=1S/C36H45Cl2N3O6S/c1-2-46-19-24-6-5-13-40(24)25-16-26(20-47-27-11-9-22(10-12-27)36(44)45)41(18-25)34(42)15-23-14-31(38)32(17-30(23)37)39-35(43)29-21-48-33-8-4-3-7-28(29)33/h3,7,14,17,21-22,24-27H,2,4-6,8-13,15-16,18-20H2,1H3,(H,39,43)(H,44,45)/t22?,24-,25-,26-,27?/m0/s1. The van der Waals surface area contributed by atoms with Crippen molar-refractivity contribution in [1.82, 2.24) is 9.80 Å². The Hall–Kier alpha value is -2.47. The second-order valence-electron chi connectivity index (χ2n) is 13.4. The molecule has 2 aliphatic carbocycles. The number of aliphatic carboxylic acids is 1. The van der Waals surface area contributed by atoms with Crippen LogP contribution < -0.4 is 5.32 Å². The van der Waals surface area contributed by atoms with Crippen molar-refractivity contribution in [2.24, 2.45) is 5.92 Å². The van der Waals surface area contributed by atoms with Crippen molar-refractivity contribution >= 4 is 64.1 Å². The molecule has 48 heavy (non-hydrogen) atoms. The maximum absolute atomic E-state index is 14.0. The number of carbonyl (C=O) groups excluding carboxylic acids is 2. The molecule has 0 bridgehead atoms. The van der Waals surface area contributed by atoms with E-state index in [4.69, 9.17) is 32.7 Å². The highest BCUT2D eigenvalue weighted by Gasteiger charge is 2.42. The van der Waals surface area contributed by atoms with Gasteiger partial charge in [0.1, 0.15) is 0 Å². The van der Waals surface area contributed by atoms with Gasteiger partial charge in [-0.15, -0.1) is 11.3 Å². The molecule has 3 heterocycles. The van der Waals surface area contributed by atoms with E-state index in [2.05, 4.69) is 16.3 Å². The summed E-state index contributed by atoms with van der Waals surface area (Å²) in [5.74, 6) is -1.32. The average molecular weight is 719 g/mol. The van der Waals surface area contributed by atoms with E-state index in [9.17, 15) is 19.5 Å². The van der Waals surface area contributed by atoms with E-state index >= 15 is 0 Å². The second kappa shape index (κ2) is 16.0. The number of carboxylic acids is 1. The Morgan fingerprint density at radius 1 is 1.06 bits per heavy atom.